The van der Waals surface area contributed by atoms with Crippen LogP contribution in [-0.2, 0) is 14.3 Å². The monoisotopic (exact) mass is 375 g/mol. The van der Waals surface area contributed by atoms with Gasteiger partial charge in [-0.2, -0.15) is 0 Å². The first-order valence-electron chi connectivity index (χ1n) is 8.27. The van der Waals surface area contributed by atoms with E-state index in [0.717, 1.165) is 5.56 Å². The van der Waals surface area contributed by atoms with Crippen molar-refractivity contribution in [1.29, 1.82) is 0 Å². The van der Waals surface area contributed by atoms with Gasteiger partial charge in [-0.25, -0.2) is 0 Å². The summed E-state index contributed by atoms with van der Waals surface area (Å²) in [7, 11) is 1.52. The van der Waals surface area contributed by atoms with Crippen LogP contribution in [0.5, 0.6) is 5.75 Å². The second-order valence-electron chi connectivity index (χ2n) is 6.13. The summed E-state index contributed by atoms with van der Waals surface area (Å²) in [6.45, 7) is 3.48. The summed E-state index contributed by atoms with van der Waals surface area (Å²) in [5.74, 6) is -0.792. The zero-order valence-corrected chi connectivity index (χ0v) is 15.7. The second kappa shape index (κ2) is 9.25. The standard InChI is InChI=1S/C20H22ClNO4/c1-13(2)19(14-8-10-15(21)11-9-14)20(24)26-12-18(23)22-16-6-4-5-7-17(16)25-3/h4-11,13,19H,12H2,1-3H3,(H,22,23)/t19-/m1/s1. The van der Waals surface area contributed by atoms with Crippen molar-refractivity contribution < 1.29 is 19.1 Å². The number of esters is 1. The van der Waals surface area contributed by atoms with E-state index in [4.69, 9.17) is 21.1 Å². The van der Waals surface area contributed by atoms with Crippen LogP contribution >= 0.6 is 11.6 Å². The molecule has 1 amide bonds. The van der Waals surface area contributed by atoms with Crippen LogP contribution in [0, 0.1) is 5.92 Å². The van der Waals surface area contributed by atoms with Crippen molar-refractivity contribution in [3.05, 3.63) is 59.1 Å². The molecule has 5 nitrogen and oxygen atoms in total. The van der Waals surface area contributed by atoms with Gasteiger partial charge in [0.1, 0.15) is 5.75 Å². The molecule has 0 radical (unpaired) electrons. The van der Waals surface area contributed by atoms with Crippen LogP contribution in [0.1, 0.15) is 25.3 Å². The third kappa shape index (κ3) is 5.23. The number of methoxy groups -OCH3 is 1. The molecule has 2 aromatic carbocycles. The van der Waals surface area contributed by atoms with Crippen LogP contribution in [0.25, 0.3) is 0 Å². The quantitative estimate of drug-likeness (QED) is 0.734. The molecule has 0 aromatic heterocycles. The van der Waals surface area contributed by atoms with Crippen LogP contribution in [0.4, 0.5) is 5.69 Å². The molecule has 0 unspecified atom stereocenters. The maximum absolute atomic E-state index is 12.5. The summed E-state index contributed by atoms with van der Waals surface area (Å²) < 4.78 is 10.4. The molecule has 138 valence electrons. The highest BCUT2D eigenvalue weighted by Gasteiger charge is 2.26. The van der Waals surface area contributed by atoms with Gasteiger partial charge in [-0.3, -0.25) is 9.59 Å². The maximum Gasteiger partial charge on any atom is 0.314 e. The Bertz CT molecular complexity index is 759. The molecular weight excluding hydrogens is 354 g/mol. The van der Waals surface area contributed by atoms with Crippen molar-refractivity contribution in [2.75, 3.05) is 19.0 Å². The number of hydrogen-bond acceptors (Lipinski definition) is 4. The predicted molar refractivity (Wildman–Crippen MR) is 102 cm³/mol. The average molecular weight is 376 g/mol. The number of rotatable bonds is 7. The van der Waals surface area contributed by atoms with E-state index in [1.807, 2.05) is 13.8 Å². The van der Waals surface area contributed by atoms with Crippen molar-refractivity contribution >= 4 is 29.2 Å². The van der Waals surface area contributed by atoms with Crippen LogP contribution in [0.3, 0.4) is 0 Å². The number of nitrogens with one attached hydrogen (secondary N) is 1. The molecule has 26 heavy (non-hydrogen) atoms. The minimum absolute atomic E-state index is 0.0148. The smallest absolute Gasteiger partial charge is 0.314 e. The maximum atomic E-state index is 12.5. The first-order chi connectivity index (χ1) is 12.4. The number of para-hydroxylation sites is 2. The number of ether oxygens (including phenoxy) is 2. The van der Waals surface area contributed by atoms with Gasteiger partial charge in [0.15, 0.2) is 6.61 Å². The Labute approximate surface area is 158 Å². The third-order valence-corrected chi connectivity index (χ3v) is 4.13. The lowest BCUT2D eigenvalue weighted by atomic mass is 9.88. The molecule has 0 bridgehead atoms. The lowest BCUT2D eigenvalue weighted by molar-refractivity contribution is -0.149. The predicted octanol–water partition coefficient (Wildman–Crippen LogP) is 4.27. The normalized spacial score (nSPS) is 11.7. The van der Waals surface area contributed by atoms with Gasteiger partial charge in [-0.15, -0.1) is 0 Å². The Balaban J connectivity index is 1.99. The molecule has 0 aliphatic heterocycles. The summed E-state index contributed by atoms with van der Waals surface area (Å²) in [4.78, 5) is 24.6. The van der Waals surface area contributed by atoms with Crippen molar-refractivity contribution in [1.82, 2.24) is 0 Å². The number of carbonyl (C=O) groups excluding carboxylic acids is 2. The molecule has 0 aliphatic carbocycles. The van der Waals surface area contributed by atoms with Gasteiger partial charge in [0.05, 0.1) is 18.7 Å². The van der Waals surface area contributed by atoms with Crippen molar-refractivity contribution in [2.45, 2.75) is 19.8 Å². The SMILES string of the molecule is COc1ccccc1NC(=O)COC(=O)[C@@H](c1ccc(Cl)cc1)C(C)C. The third-order valence-electron chi connectivity index (χ3n) is 3.88. The number of anilines is 1. The molecule has 0 heterocycles. The molecule has 0 aliphatic rings. The van der Waals surface area contributed by atoms with E-state index in [-0.39, 0.29) is 12.5 Å². The fraction of sp³-hybridized carbons (Fsp3) is 0.300. The molecule has 1 atom stereocenters. The van der Waals surface area contributed by atoms with E-state index in [1.54, 1.807) is 48.5 Å². The molecule has 0 saturated carbocycles. The van der Waals surface area contributed by atoms with Gasteiger partial charge in [0, 0.05) is 5.02 Å². The number of benzene rings is 2. The topological polar surface area (TPSA) is 64.6 Å². The van der Waals surface area contributed by atoms with Crippen LogP contribution in [0.15, 0.2) is 48.5 Å². The Kier molecular flexibility index (Phi) is 7.04. The second-order valence-corrected chi connectivity index (χ2v) is 6.57. The zero-order chi connectivity index (χ0) is 19.1. The minimum atomic E-state index is -0.466. The molecular formula is C20H22ClNO4. The molecule has 1 N–H and O–H groups in total. The fourth-order valence-corrected chi connectivity index (χ4v) is 2.75. The van der Waals surface area contributed by atoms with Crippen LogP contribution < -0.4 is 10.1 Å². The summed E-state index contributed by atoms with van der Waals surface area (Å²) in [6.07, 6.45) is 0. The Hall–Kier alpha value is -2.53. The molecule has 0 fully saturated rings. The lowest BCUT2D eigenvalue weighted by Crippen LogP contribution is -2.26. The Morgan fingerprint density at radius 2 is 1.73 bits per heavy atom. The van der Waals surface area contributed by atoms with E-state index < -0.39 is 17.8 Å². The van der Waals surface area contributed by atoms with Gasteiger partial charge < -0.3 is 14.8 Å². The van der Waals surface area contributed by atoms with Gasteiger partial charge in [0.2, 0.25) is 0 Å². The highest BCUT2D eigenvalue weighted by molar-refractivity contribution is 6.30. The fourth-order valence-electron chi connectivity index (χ4n) is 2.62. The average Bonchev–Trinajstić information content (AvgIpc) is 2.62. The van der Waals surface area contributed by atoms with Gasteiger partial charge in [-0.05, 0) is 35.7 Å². The Morgan fingerprint density at radius 3 is 2.35 bits per heavy atom. The highest BCUT2D eigenvalue weighted by Crippen LogP contribution is 2.27. The lowest BCUT2D eigenvalue weighted by Gasteiger charge is -2.20. The number of carbonyl (C=O) groups is 2. The van der Waals surface area contributed by atoms with E-state index in [9.17, 15) is 9.59 Å². The zero-order valence-electron chi connectivity index (χ0n) is 15.0. The molecule has 6 heteroatoms. The molecule has 2 rings (SSSR count). The van der Waals surface area contributed by atoms with Gasteiger partial charge in [-0.1, -0.05) is 49.7 Å². The van der Waals surface area contributed by atoms with Crippen LogP contribution in [0.2, 0.25) is 5.02 Å². The first-order valence-corrected chi connectivity index (χ1v) is 8.65. The number of hydrogen-bond donors (Lipinski definition) is 1. The molecule has 0 spiro atoms. The van der Waals surface area contributed by atoms with E-state index in [0.29, 0.717) is 16.5 Å². The largest absolute Gasteiger partial charge is 0.495 e. The van der Waals surface area contributed by atoms with Crippen molar-refractivity contribution in [3.8, 4) is 5.75 Å². The minimum Gasteiger partial charge on any atom is -0.495 e. The molecule has 2 aromatic rings. The number of halogens is 1. The summed E-state index contributed by atoms with van der Waals surface area (Å²) in [5, 5.41) is 3.27. The summed E-state index contributed by atoms with van der Waals surface area (Å²) in [6, 6.07) is 14.1. The van der Waals surface area contributed by atoms with E-state index >= 15 is 0 Å². The van der Waals surface area contributed by atoms with E-state index in [2.05, 4.69) is 5.32 Å². The van der Waals surface area contributed by atoms with Crippen LogP contribution in [-0.4, -0.2) is 25.6 Å². The summed E-state index contributed by atoms with van der Waals surface area (Å²) >= 11 is 5.90. The highest BCUT2D eigenvalue weighted by atomic mass is 35.5. The number of amides is 1. The Morgan fingerprint density at radius 1 is 1.08 bits per heavy atom. The molecule has 0 saturated heterocycles. The van der Waals surface area contributed by atoms with Gasteiger partial charge in [0.25, 0.3) is 5.91 Å². The first kappa shape index (κ1) is 19.8. The van der Waals surface area contributed by atoms with Crippen molar-refractivity contribution in [3.63, 3.8) is 0 Å². The van der Waals surface area contributed by atoms with Crippen molar-refractivity contribution in [2.24, 2.45) is 5.92 Å². The van der Waals surface area contributed by atoms with Gasteiger partial charge >= 0.3 is 5.97 Å². The van der Waals surface area contributed by atoms with E-state index in [1.165, 1.54) is 7.11 Å². The summed E-state index contributed by atoms with van der Waals surface area (Å²) in [5.41, 5.74) is 1.33.